The van der Waals surface area contributed by atoms with E-state index in [1.54, 1.807) is 4.57 Å². The van der Waals surface area contributed by atoms with Crippen LogP contribution >= 0.6 is 11.6 Å². The van der Waals surface area contributed by atoms with Crippen molar-refractivity contribution in [1.29, 1.82) is 0 Å². The van der Waals surface area contributed by atoms with Crippen LogP contribution in [0, 0.1) is 0 Å². The Morgan fingerprint density at radius 2 is 2.12 bits per heavy atom. The predicted molar refractivity (Wildman–Crippen MR) is 132 cm³/mol. The first kappa shape index (κ1) is 20.7. The summed E-state index contributed by atoms with van der Waals surface area (Å²) in [6.07, 6.45) is 8.37. The molecule has 172 valence electrons. The molecule has 0 spiro atoms. The Kier molecular flexibility index (Phi) is 4.78. The molecule has 9 heteroatoms. The van der Waals surface area contributed by atoms with Crippen LogP contribution in [0.3, 0.4) is 0 Å². The van der Waals surface area contributed by atoms with Crippen LogP contribution in [0.5, 0.6) is 0 Å². The van der Waals surface area contributed by atoms with Crippen molar-refractivity contribution in [2.24, 2.45) is 7.05 Å². The van der Waals surface area contributed by atoms with Crippen LogP contribution < -0.4 is 15.8 Å². The molecule has 2 bridgehead atoms. The highest BCUT2D eigenvalue weighted by atomic mass is 35.5. The largest absolute Gasteiger partial charge is 0.345 e. The summed E-state index contributed by atoms with van der Waals surface area (Å²) in [7, 11) is 3.86. The lowest BCUT2D eigenvalue weighted by Crippen LogP contribution is -2.47. The number of piperidine rings is 1. The molecule has 1 aromatic carbocycles. The van der Waals surface area contributed by atoms with Crippen molar-refractivity contribution in [2.45, 2.75) is 57.3 Å². The molecule has 33 heavy (non-hydrogen) atoms. The summed E-state index contributed by atoms with van der Waals surface area (Å²) < 4.78 is 3.58. The first-order chi connectivity index (χ1) is 16.0. The molecule has 6 rings (SSSR count). The Morgan fingerprint density at radius 1 is 1.27 bits per heavy atom. The highest BCUT2D eigenvalue weighted by Crippen LogP contribution is 2.40. The molecule has 4 aromatic rings. The molecule has 0 unspecified atom stereocenters. The van der Waals surface area contributed by atoms with Crippen LogP contribution in [0.1, 0.15) is 32.6 Å². The van der Waals surface area contributed by atoms with Crippen LogP contribution in [-0.4, -0.2) is 49.5 Å². The molecule has 2 aliphatic heterocycles. The van der Waals surface area contributed by atoms with Gasteiger partial charge in [-0.15, -0.1) is 0 Å². The van der Waals surface area contributed by atoms with Crippen molar-refractivity contribution in [3.63, 3.8) is 0 Å². The zero-order chi connectivity index (χ0) is 22.9. The Balaban J connectivity index is 1.50. The molecule has 5 heterocycles. The lowest BCUT2D eigenvalue weighted by Gasteiger charge is -2.37. The van der Waals surface area contributed by atoms with Crippen LogP contribution in [0.25, 0.3) is 33.1 Å². The molecular weight excluding hydrogens is 438 g/mol. The average molecular weight is 466 g/mol. The Morgan fingerprint density at radius 3 is 2.91 bits per heavy atom. The lowest BCUT2D eigenvalue weighted by molar-refractivity contribution is 0.431. The Bertz CT molecular complexity index is 1430. The van der Waals surface area contributed by atoms with Crippen LogP contribution in [0.4, 0.5) is 5.95 Å². The second kappa shape index (κ2) is 7.60. The van der Waals surface area contributed by atoms with Gasteiger partial charge in [0, 0.05) is 60.6 Å². The number of aryl methyl sites for hydroxylation is 1. The van der Waals surface area contributed by atoms with Gasteiger partial charge in [-0.3, -0.25) is 14.0 Å². The van der Waals surface area contributed by atoms with Gasteiger partial charge < -0.3 is 15.2 Å². The molecule has 0 radical (unpaired) electrons. The van der Waals surface area contributed by atoms with E-state index >= 15 is 0 Å². The van der Waals surface area contributed by atoms with Crippen LogP contribution in [-0.2, 0) is 13.6 Å². The zero-order valence-corrected chi connectivity index (χ0v) is 19.9. The van der Waals surface area contributed by atoms with E-state index in [4.69, 9.17) is 16.6 Å². The molecule has 3 atom stereocenters. The van der Waals surface area contributed by atoms with Gasteiger partial charge in [0.25, 0.3) is 5.56 Å². The molecule has 0 saturated carbocycles. The second-order valence-corrected chi connectivity index (χ2v) is 9.61. The maximum atomic E-state index is 13.7. The SMILES string of the molecule is CCn1cc2c(Cl)c(-c3c[nH]c4nc(N5[C@H]6CCC[C@@H]5[C@H](NC)C6)n(C)c(=O)c34)ccc2n1. The standard InChI is InChI=1S/C24H28ClN7O/c1-4-31-12-16-17(29-31)9-8-14(21(16)25)15-11-27-22-20(15)23(33)30(3)24(28-22)32-13-6-5-7-19(32)18(10-13)26-2/h8-9,11-13,18-19,26-27H,4-7,10H2,1-3H3/t13-,18+,19+/m0/s1. The number of nitrogens with one attached hydrogen (secondary N) is 2. The summed E-state index contributed by atoms with van der Waals surface area (Å²) in [6.45, 7) is 2.81. The van der Waals surface area contributed by atoms with Gasteiger partial charge in [0.15, 0.2) is 0 Å². The molecule has 8 nitrogen and oxygen atoms in total. The smallest absolute Gasteiger partial charge is 0.264 e. The van der Waals surface area contributed by atoms with Crippen molar-refractivity contribution in [3.8, 4) is 11.1 Å². The molecule has 3 aromatic heterocycles. The fourth-order valence-corrected chi connectivity index (χ4v) is 6.19. The van der Waals surface area contributed by atoms with Crippen molar-refractivity contribution in [1.82, 2.24) is 29.6 Å². The van der Waals surface area contributed by atoms with Crippen LogP contribution in [0.2, 0.25) is 5.02 Å². The van der Waals surface area contributed by atoms with Crippen molar-refractivity contribution in [2.75, 3.05) is 11.9 Å². The van der Waals surface area contributed by atoms with E-state index in [1.165, 1.54) is 6.42 Å². The van der Waals surface area contributed by atoms with Gasteiger partial charge in [0.1, 0.15) is 5.65 Å². The van der Waals surface area contributed by atoms with Crippen molar-refractivity contribution in [3.05, 3.63) is 39.9 Å². The van der Waals surface area contributed by atoms with E-state index in [2.05, 4.69) is 20.3 Å². The maximum absolute atomic E-state index is 13.7. The summed E-state index contributed by atoms with van der Waals surface area (Å²) in [5, 5.41) is 10.1. The van der Waals surface area contributed by atoms with Gasteiger partial charge in [-0.25, -0.2) is 0 Å². The van der Waals surface area contributed by atoms with E-state index < -0.39 is 0 Å². The van der Waals surface area contributed by atoms with E-state index in [0.29, 0.717) is 34.2 Å². The molecular formula is C24H28ClN7O. The number of aromatic nitrogens is 5. The van der Waals surface area contributed by atoms with Crippen molar-refractivity contribution >= 4 is 39.5 Å². The van der Waals surface area contributed by atoms with E-state index in [9.17, 15) is 4.79 Å². The third-order valence-electron chi connectivity index (χ3n) is 7.56. The minimum Gasteiger partial charge on any atom is -0.345 e. The third kappa shape index (κ3) is 2.97. The molecule has 2 saturated heterocycles. The third-order valence-corrected chi connectivity index (χ3v) is 7.96. The van der Waals surface area contributed by atoms with E-state index in [0.717, 1.165) is 53.8 Å². The van der Waals surface area contributed by atoms with Gasteiger partial charge in [-0.05, 0) is 45.7 Å². The molecule has 0 amide bonds. The predicted octanol–water partition coefficient (Wildman–Crippen LogP) is 3.67. The number of anilines is 1. The average Bonchev–Trinajstić information content (AvgIpc) is 3.49. The number of aromatic amines is 1. The minimum absolute atomic E-state index is 0.0577. The van der Waals surface area contributed by atoms with Gasteiger partial charge in [-0.2, -0.15) is 10.1 Å². The summed E-state index contributed by atoms with van der Waals surface area (Å²) in [6, 6.07) is 5.11. The number of hydrogen-bond acceptors (Lipinski definition) is 5. The first-order valence-corrected chi connectivity index (χ1v) is 12.1. The number of H-pyrrole nitrogens is 1. The number of benzene rings is 1. The Hall–Kier alpha value is -2.84. The monoisotopic (exact) mass is 465 g/mol. The quantitative estimate of drug-likeness (QED) is 0.480. The topological polar surface area (TPSA) is 83.8 Å². The first-order valence-electron chi connectivity index (χ1n) is 11.7. The number of nitrogens with zero attached hydrogens (tertiary/aromatic N) is 5. The van der Waals surface area contributed by atoms with E-state index in [-0.39, 0.29) is 5.56 Å². The van der Waals surface area contributed by atoms with Gasteiger partial charge in [0.05, 0.1) is 15.9 Å². The minimum atomic E-state index is -0.0577. The number of rotatable bonds is 4. The number of fused-ring (bicyclic) bond motifs is 4. The number of likely N-dealkylation sites (N-methyl/N-ethyl adjacent to an activating group) is 1. The number of halogens is 1. The van der Waals surface area contributed by atoms with E-state index in [1.807, 2.05) is 50.2 Å². The highest BCUT2D eigenvalue weighted by molar-refractivity contribution is 6.38. The van der Waals surface area contributed by atoms with Gasteiger partial charge in [-0.1, -0.05) is 17.7 Å². The number of hydrogen-bond donors (Lipinski definition) is 2. The normalized spacial score (nSPS) is 22.7. The summed E-state index contributed by atoms with van der Waals surface area (Å²) in [5.41, 5.74) is 2.98. The maximum Gasteiger partial charge on any atom is 0.264 e. The summed E-state index contributed by atoms with van der Waals surface area (Å²) in [5.74, 6) is 0.749. The lowest BCUT2D eigenvalue weighted by atomic mass is 10.0. The highest BCUT2D eigenvalue weighted by Gasteiger charge is 2.44. The molecule has 2 aliphatic rings. The zero-order valence-electron chi connectivity index (χ0n) is 19.1. The molecule has 2 N–H and O–H groups in total. The van der Waals surface area contributed by atoms with Gasteiger partial charge >= 0.3 is 0 Å². The summed E-state index contributed by atoms with van der Waals surface area (Å²) >= 11 is 6.82. The molecule has 0 aliphatic carbocycles. The summed E-state index contributed by atoms with van der Waals surface area (Å²) in [4.78, 5) is 24.3. The van der Waals surface area contributed by atoms with Crippen molar-refractivity contribution < 1.29 is 0 Å². The second-order valence-electron chi connectivity index (χ2n) is 9.24. The fraction of sp³-hybridized carbons (Fsp3) is 0.458. The van der Waals surface area contributed by atoms with Gasteiger partial charge in [0.2, 0.25) is 5.95 Å². The Labute approximate surface area is 196 Å². The molecule has 2 fully saturated rings. The van der Waals surface area contributed by atoms with Crippen LogP contribution in [0.15, 0.2) is 29.3 Å². The fourth-order valence-electron chi connectivity index (χ4n) is 5.88.